The van der Waals surface area contributed by atoms with Crippen LogP contribution in [0, 0.1) is 5.82 Å². The van der Waals surface area contributed by atoms with E-state index in [2.05, 4.69) is 31.9 Å². The fourth-order valence-corrected chi connectivity index (χ4v) is 3.01. The summed E-state index contributed by atoms with van der Waals surface area (Å²) >= 11 is 14.9. The molecule has 0 spiro atoms. The number of hydrogen-bond donors (Lipinski definition) is 3. The number of halogens is 4. The SMILES string of the molecule is O=C(CNC(=O)CNC(=O)c1ccc(Cl)cc1Cl)NCc1cc(Br)ccc1F. The molecule has 148 valence electrons. The van der Waals surface area contributed by atoms with Crippen molar-refractivity contribution < 1.29 is 18.8 Å². The van der Waals surface area contributed by atoms with Gasteiger partial charge in [-0.05, 0) is 36.4 Å². The summed E-state index contributed by atoms with van der Waals surface area (Å²) < 4.78 is 14.3. The van der Waals surface area contributed by atoms with Crippen molar-refractivity contribution in [2.45, 2.75) is 6.54 Å². The second kappa shape index (κ2) is 10.4. The van der Waals surface area contributed by atoms with Gasteiger partial charge in [-0.1, -0.05) is 39.1 Å². The van der Waals surface area contributed by atoms with E-state index < -0.39 is 23.5 Å². The van der Waals surface area contributed by atoms with Crippen molar-refractivity contribution in [2.24, 2.45) is 0 Å². The summed E-state index contributed by atoms with van der Waals surface area (Å²) in [6.07, 6.45) is 0. The molecule has 2 aromatic rings. The summed E-state index contributed by atoms with van der Waals surface area (Å²) in [6.45, 7) is -0.677. The van der Waals surface area contributed by atoms with Crippen LogP contribution in [0.25, 0.3) is 0 Å². The predicted molar refractivity (Wildman–Crippen MR) is 108 cm³/mol. The Labute approximate surface area is 178 Å². The van der Waals surface area contributed by atoms with E-state index in [1.54, 1.807) is 12.1 Å². The number of hydrogen-bond acceptors (Lipinski definition) is 3. The zero-order valence-corrected chi connectivity index (χ0v) is 17.4. The van der Waals surface area contributed by atoms with Gasteiger partial charge in [0.2, 0.25) is 11.8 Å². The molecule has 0 radical (unpaired) electrons. The third-order valence-electron chi connectivity index (χ3n) is 3.52. The maximum atomic E-state index is 13.6. The fraction of sp³-hybridized carbons (Fsp3) is 0.167. The molecular weight excluding hydrogens is 476 g/mol. The Balaban J connectivity index is 1.73. The van der Waals surface area contributed by atoms with Gasteiger partial charge < -0.3 is 16.0 Å². The Kier molecular flexibility index (Phi) is 8.22. The van der Waals surface area contributed by atoms with E-state index >= 15 is 0 Å². The molecule has 6 nitrogen and oxygen atoms in total. The van der Waals surface area contributed by atoms with Gasteiger partial charge in [0.15, 0.2) is 0 Å². The van der Waals surface area contributed by atoms with Crippen molar-refractivity contribution in [1.82, 2.24) is 16.0 Å². The maximum absolute atomic E-state index is 13.6. The lowest BCUT2D eigenvalue weighted by Gasteiger charge is -2.09. The van der Waals surface area contributed by atoms with Gasteiger partial charge in [0.1, 0.15) is 5.82 Å². The lowest BCUT2D eigenvalue weighted by Crippen LogP contribution is -2.41. The van der Waals surface area contributed by atoms with Gasteiger partial charge in [0.05, 0.1) is 23.7 Å². The molecule has 10 heteroatoms. The van der Waals surface area contributed by atoms with Crippen LogP contribution in [0.15, 0.2) is 40.9 Å². The van der Waals surface area contributed by atoms with E-state index in [9.17, 15) is 18.8 Å². The monoisotopic (exact) mass is 489 g/mol. The third-order valence-corrected chi connectivity index (χ3v) is 4.56. The lowest BCUT2D eigenvalue weighted by atomic mass is 10.2. The highest BCUT2D eigenvalue weighted by Crippen LogP contribution is 2.20. The minimum Gasteiger partial charge on any atom is -0.350 e. The molecule has 3 N–H and O–H groups in total. The van der Waals surface area contributed by atoms with Crippen molar-refractivity contribution in [3.05, 3.63) is 67.9 Å². The molecule has 2 aromatic carbocycles. The highest BCUT2D eigenvalue weighted by atomic mass is 79.9. The van der Waals surface area contributed by atoms with Gasteiger partial charge in [-0.2, -0.15) is 0 Å². The first kappa shape index (κ1) is 22.1. The fourth-order valence-electron chi connectivity index (χ4n) is 2.11. The van der Waals surface area contributed by atoms with Gasteiger partial charge in [0.25, 0.3) is 5.91 Å². The molecule has 0 unspecified atom stereocenters. The number of benzene rings is 2. The van der Waals surface area contributed by atoms with Gasteiger partial charge >= 0.3 is 0 Å². The van der Waals surface area contributed by atoms with E-state index in [1.165, 1.54) is 24.3 Å². The van der Waals surface area contributed by atoms with Crippen molar-refractivity contribution in [2.75, 3.05) is 13.1 Å². The van der Waals surface area contributed by atoms with Gasteiger partial charge in [-0.15, -0.1) is 0 Å². The van der Waals surface area contributed by atoms with E-state index in [0.29, 0.717) is 15.1 Å². The Hall–Kier alpha value is -2.16. The average Bonchev–Trinajstić information content (AvgIpc) is 2.65. The Morgan fingerprint density at radius 1 is 0.929 bits per heavy atom. The van der Waals surface area contributed by atoms with Crippen LogP contribution in [0.1, 0.15) is 15.9 Å². The number of rotatable bonds is 7. The molecule has 0 aromatic heterocycles. The van der Waals surface area contributed by atoms with Crippen LogP contribution in [0.5, 0.6) is 0 Å². The van der Waals surface area contributed by atoms with Crippen molar-refractivity contribution in [3.8, 4) is 0 Å². The van der Waals surface area contributed by atoms with E-state index in [4.69, 9.17) is 23.2 Å². The molecular formula is C18H15BrCl2FN3O3. The quantitative estimate of drug-likeness (QED) is 0.557. The molecule has 3 amide bonds. The van der Waals surface area contributed by atoms with Crippen LogP contribution < -0.4 is 16.0 Å². The maximum Gasteiger partial charge on any atom is 0.253 e. The normalized spacial score (nSPS) is 10.3. The molecule has 0 atom stereocenters. The zero-order chi connectivity index (χ0) is 20.7. The second-order valence-corrected chi connectivity index (χ2v) is 7.36. The Morgan fingerprint density at radius 3 is 2.32 bits per heavy atom. The van der Waals surface area contributed by atoms with Crippen LogP contribution >= 0.6 is 39.1 Å². The highest BCUT2D eigenvalue weighted by molar-refractivity contribution is 9.10. The molecule has 0 fully saturated rings. The number of nitrogens with one attached hydrogen (secondary N) is 3. The first-order chi connectivity index (χ1) is 13.3. The largest absolute Gasteiger partial charge is 0.350 e. The second-order valence-electron chi connectivity index (χ2n) is 5.60. The molecule has 0 aliphatic rings. The summed E-state index contributed by atoms with van der Waals surface area (Å²) in [4.78, 5) is 35.5. The summed E-state index contributed by atoms with van der Waals surface area (Å²) in [5, 5.41) is 7.78. The van der Waals surface area contributed by atoms with Crippen LogP contribution in [-0.4, -0.2) is 30.8 Å². The Morgan fingerprint density at radius 2 is 1.61 bits per heavy atom. The van der Waals surface area contributed by atoms with E-state index in [0.717, 1.165) is 0 Å². The number of amides is 3. The minimum absolute atomic E-state index is 0.0220. The molecule has 0 aliphatic heterocycles. The van der Waals surface area contributed by atoms with Gasteiger partial charge in [-0.25, -0.2) is 4.39 Å². The predicted octanol–water partition coefficient (Wildman–Crippen LogP) is 3.06. The van der Waals surface area contributed by atoms with Crippen LogP contribution in [0.3, 0.4) is 0 Å². The van der Waals surface area contributed by atoms with Gasteiger partial charge in [-0.3, -0.25) is 14.4 Å². The molecule has 2 rings (SSSR count). The zero-order valence-electron chi connectivity index (χ0n) is 14.3. The molecule has 0 heterocycles. The van der Waals surface area contributed by atoms with Crippen LogP contribution in [0.2, 0.25) is 10.0 Å². The summed E-state index contributed by atoms with van der Waals surface area (Å²) in [5.41, 5.74) is 0.480. The minimum atomic E-state index is -0.567. The summed E-state index contributed by atoms with van der Waals surface area (Å²) in [5.74, 6) is -2.07. The lowest BCUT2D eigenvalue weighted by molar-refractivity contribution is -0.125. The van der Waals surface area contributed by atoms with Crippen molar-refractivity contribution in [3.63, 3.8) is 0 Å². The first-order valence-electron chi connectivity index (χ1n) is 7.97. The van der Waals surface area contributed by atoms with Crippen LogP contribution in [0.4, 0.5) is 4.39 Å². The Bertz CT molecular complexity index is 912. The summed E-state index contributed by atoms with van der Waals surface area (Å²) in [6, 6.07) is 8.73. The summed E-state index contributed by atoms with van der Waals surface area (Å²) in [7, 11) is 0. The molecule has 28 heavy (non-hydrogen) atoms. The van der Waals surface area contributed by atoms with E-state index in [1.807, 2.05) is 0 Å². The standard InChI is InChI=1S/C18H15BrCl2FN3O3/c19-11-1-4-15(22)10(5-11)7-23-16(26)8-24-17(27)9-25-18(28)13-3-2-12(20)6-14(13)21/h1-6H,7-9H2,(H,23,26)(H,24,27)(H,25,28). The first-order valence-corrected chi connectivity index (χ1v) is 9.51. The highest BCUT2D eigenvalue weighted by Gasteiger charge is 2.13. The van der Waals surface area contributed by atoms with Crippen molar-refractivity contribution in [1.29, 1.82) is 0 Å². The smallest absolute Gasteiger partial charge is 0.253 e. The van der Waals surface area contributed by atoms with Gasteiger partial charge in [0, 0.05) is 21.6 Å². The average molecular weight is 491 g/mol. The van der Waals surface area contributed by atoms with Crippen molar-refractivity contribution >= 4 is 56.9 Å². The van der Waals surface area contributed by atoms with Crippen LogP contribution in [-0.2, 0) is 16.1 Å². The van der Waals surface area contributed by atoms with E-state index in [-0.39, 0.29) is 30.2 Å². The topological polar surface area (TPSA) is 87.3 Å². The molecule has 0 aliphatic carbocycles. The number of carbonyl (C=O) groups excluding carboxylic acids is 3. The molecule has 0 saturated carbocycles. The molecule has 0 saturated heterocycles. The molecule has 0 bridgehead atoms. The third kappa shape index (κ3) is 6.78. The number of carbonyl (C=O) groups is 3.